The number of carbonyl (C=O) groups is 1. The average molecular weight is 297 g/mol. The number of benzene rings is 1. The molecule has 20 heavy (non-hydrogen) atoms. The van der Waals surface area contributed by atoms with Crippen LogP contribution in [0.4, 0.5) is 5.69 Å². The molecule has 9 heteroatoms. The Labute approximate surface area is 118 Å². The molecule has 1 heterocycles. The number of non-ortho nitro benzene ring substituents is 1. The van der Waals surface area contributed by atoms with Gasteiger partial charge in [-0.05, 0) is 11.6 Å². The average Bonchev–Trinajstić information content (AvgIpc) is 2.88. The number of carbonyl (C=O) groups excluding carboxylic acids is 1. The molecule has 0 aliphatic rings. The van der Waals surface area contributed by atoms with Crippen molar-refractivity contribution in [2.24, 2.45) is 0 Å². The van der Waals surface area contributed by atoms with Crippen molar-refractivity contribution in [2.45, 2.75) is 6.54 Å². The molecule has 2 aromatic rings. The highest BCUT2D eigenvalue weighted by molar-refractivity contribution is 6.31. The van der Waals surface area contributed by atoms with Gasteiger partial charge in [0.25, 0.3) is 5.69 Å². The second kappa shape index (κ2) is 5.66. The molecular weight excluding hydrogens is 288 g/mol. The minimum Gasteiger partial charge on any atom is -0.464 e. The van der Waals surface area contributed by atoms with Crippen molar-refractivity contribution in [1.82, 2.24) is 15.0 Å². The lowest BCUT2D eigenvalue weighted by molar-refractivity contribution is -0.384. The van der Waals surface area contributed by atoms with Crippen LogP contribution in [-0.4, -0.2) is 33.0 Å². The number of halogens is 1. The SMILES string of the molecule is COC(=O)c1cn(Cc2ccc([N+](=O)[O-])cc2Cl)nn1. The van der Waals surface area contributed by atoms with E-state index in [-0.39, 0.29) is 22.9 Å². The Morgan fingerprint density at radius 2 is 2.30 bits per heavy atom. The van der Waals surface area contributed by atoms with E-state index in [0.29, 0.717) is 5.56 Å². The van der Waals surface area contributed by atoms with E-state index in [1.165, 1.54) is 36.2 Å². The highest BCUT2D eigenvalue weighted by atomic mass is 35.5. The van der Waals surface area contributed by atoms with E-state index in [1.807, 2.05) is 0 Å². The molecule has 1 aromatic heterocycles. The van der Waals surface area contributed by atoms with E-state index in [1.54, 1.807) is 0 Å². The molecule has 1 aromatic carbocycles. The van der Waals surface area contributed by atoms with Gasteiger partial charge >= 0.3 is 5.97 Å². The summed E-state index contributed by atoms with van der Waals surface area (Å²) in [6.45, 7) is 0.237. The summed E-state index contributed by atoms with van der Waals surface area (Å²) in [6, 6.07) is 4.13. The quantitative estimate of drug-likeness (QED) is 0.483. The zero-order valence-electron chi connectivity index (χ0n) is 10.3. The van der Waals surface area contributed by atoms with Gasteiger partial charge in [0, 0.05) is 12.1 Å². The molecule has 8 nitrogen and oxygen atoms in total. The standard InChI is InChI=1S/C11H9ClN4O4/c1-20-11(17)10-6-15(14-13-10)5-7-2-3-8(16(18)19)4-9(7)12/h2-4,6H,5H2,1H3. The maximum absolute atomic E-state index is 11.2. The van der Waals surface area contributed by atoms with Gasteiger partial charge in [0.1, 0.15) is 0 Å². The van der Waals surface area contributed by atoms with E-state index in [0.717, 1.165) is 0 Å². The van der Waals surface area contributed by atoms with Crippen LogP contribution in [-0.2, 0) is 11.3 Å². The molecule has 0 atom stereocenters. The van der Waals surface area contributed by atoms with Crippen LogP contribution in [0.15, 0.2) is 24.4 Å². The van der Waals surface area contributed by atoms with Gasteiger partial charge in [-0.1, -0.05) is 16.8 Å². The first-order chi connectivity index (χ1) is 9.51. The van der Waals surface area contributed by atoms with Crippen molar-refractivity contribution >= 4 is 23.3 Å². The Hall–Kier alpha value is -2.48. The van der Waals surface area contributed by atoms with Gasteiger partial charge in [-0.2, -0.15) is 0 Å². The number of nitro groups is 1. The summed E-state index contributed by atoms with van der Waals surface area (Å²) in [6.07, 6.45) is 1.41. The van der Waals surface area contributed by atoms with Crippen molar-refractivity contribution in [3.63, 3.8) is 0 Å². The molecular formula is C11H9ClN4O4. The van der Waals surface area contributed by atoms with Crippen molar-refractivity contribution in [3.05, 3.63) is 50.8 Å². The fourth-order valence-corrected chi connectivity index (χ4v) is 1.76. The smallest absolute Gasteiger partial charge is 0.360 e. The van der Waals surface area contributed by atoms with Crippen LogP contribution in [0.1, 0.15) is 16.1 Å². The Morgan fingerprint density at radius 1 is 1.55 bits per heavy atom. The maximum Gasteiger partial charge on any atom is 0.360 e. The third-order valence-electron chi connectivity index (χ3n) is 2.51. The van der Waals surface area contributed by atoms with E-state index >= 15 is 0 Å². The largest absolute Gasteiger partial charge is 0.464 e. The zero-order valence-corrected chi connectivity index (χ0v) is 11.1. The molecule has 0 fully saturated rings. The molecule has 0 N–H and O–H groups in total. The summed E-state index contributed by atoms with van der Waals surface area (Å²) < 4.78 is 5.90. The third kappa shape index (κ3) is 2.91. The summed E-state index contributed by atoms with van der Waals surface area (Å²) in [5, 5.41) is 18.2. The van der Waals surface area contributed by atoms with E-state index in [2.05, 4.69) is 15.0 Å². The molecule has 0 bridgehead atoms. The van der Waals surface area contributed by atoms with Crippen LogP contribution in [0.5, 0.6) is 0 Å². The normalized spacial score (nSPS) is 10.3. The summed E-state index contributed by atoms with van der Waals surface area (Å²) >= 11 is 5.96. The number of hydrogen-bond donors (Lipinski definition) is 0. The van der Waals surface area contributed by atoms with E-state index < -0.39 is 10.9 Å². The Morgan fingerprint density at radius 3 is 2.90 bits per heavy atom. The first-order valence-corrected chi connectivity index (χ1v) is 5.80. The molecule has 0 saturated heterocycles. The minimum atomic E-state index is -0.592. The second-order valence-corrected chi connectivity index (χ2v) is 4.23. The third-order valence-corrected chi connectivity index (χ3v) is 2.86. The molecule has 0 spiro atoms. The van der Waals surface area contributed by atoms with E-state index in [9.17, 15) is 14.9 Å². The number of nitro benzene ring substituents is 1. The number of ether oxygens (including phenoxy) is 1. The number of esters is 1. The van der Waals surface area contributed by atoms with Crippen molar-refractivity contribution < 1.29 is 14.5 Å². The fraction of sp³-hybridized carbons (Fsp3) is 0.182. The van der Waals surface area contributed by atoms with Crippen LogP contribution in [0.25, 0.3) is 0 Å². The lowest BCUT2D eigenvalue weighted by atomic mass is 10.2. The Balaban J connectivity index is 2.20. The Kier molecular flexibility index (Phi) is 3.94. The zero-order chi connectivity index (χ0) is 14.7. The number of nitrogens with zero attached hydrogens (tertiary/aromatic N) is 4. The van der Waals surface area contributed by atoms with Gasteiger partial charge < -0.3 is 4.74 Å². The molecule has 0 aliphatic carbocycles. The van der Waals surface area contributed by atoms with Crippen molar-refractivity contribution in [2.75, 3.05) is 7.11 Å². The van der Waals surface area contributed by atoms with Crippen LogP contribution < -0.4 is 0 Å². The highest BCUT2D eigenvalue weighted by Gasteiger charge is 2.13. The first-order valence-electron chi connectivity index (χ1n) is 5.42. The predicted octanol–water partition coefficient (Wildman–Crippen LogP) is 1.67. The molecule has 2 rings (SSSR count). The van der Waals surface area contributed by atoms with Crippen molar-refractivity contribution in [3.8, 4) is 0 Å². The maximum atomic E-state index is 11.2. The van der Waals surface area contributed by atoms with Gasteiger partial charge in [0.2, 0.25) is 0 Å². The number of aromatic nitrogens is 3. The molecule has 0 amide bonds. The molecule has 0 unspecified atom stereocenters. The Bertz CT molecular complexity index is 670. The lowest BCUT2D eigenvalue weighted by Crippen LogP contribution is -2.02. The summed E-state index contributed by atoms with van der Waals surface area (Å²) in [5.41, 5.74) is 0.608. The summed E-state index contributed by atoms with van der Waals surface area (Å²) in [4.78, 5) is 21.3. The van der Waals surface area contributed by atoms with Gasteiger partial charge in [0.05, 0.1) is 29.8 Å². The molecule has 0 saturated carbocycles. The fourth-order valence-electron chi connectivity index (χ4n) is 1.53. The lowest BCUT2D eigenvalue weighted by Gasteiger charge is -2.03. The predicted molar refractivity (Wildman–Crippen MR) is 68.6 cm³/mol. The van der Waals surface area contributed by atoms with Crippen LogP contribution in [0.3, 0.4) is 0 Å². The molecule has 0 aliphatic heterocycles. The monoisotopic (exact) mass is 296 g/mol. The van der Waals surface area contributed by atoms with Gasteiger partial charge in [-0.3, -0.25) is 10.1 Å². The first kappa shape index (κ1) is 13.9. The van der Waals surface area contributed by atoms with Crippen LogP contribution in [0, 0.1) is 10.1 Å². The van der Waals surface area contributed by atoms with Gasteiger partial charge in [-0.15, -0.1) is 5.10 Å². The molecule has 104 valence electrons. The number of rotatable bonds is 4. The minimum absolute atomic E-state index is 0.0746. The topological polar surface area (TPSA) is 100 Å². The molecule has 0 radical (unpaired) electrons. The second-order valence-electron chi connectivity index (χ2n) is 3.83. The van der Waals surface area contributed by atoms with Gasteiger partial charge in [-0.25, -0.2) is 9.48 Å². The highest BCUT2D eigenvalue weighted by Crippen LogP contribution is 2.23. The van der Waals surface area contributed by atoms with Crippen LogP contribution in [0.2, 0.25) is 5.02 Å². The van der Waals surface area contributed by atoms with Crippen molar-refractivity contribution in [1.29, 1.82) is 0 Å². The summed E-state index contributed by atoms with van der Waals surface area (Å²) in [5.74, 6) is -0.592. The van der Waals surface area contributed by atoms with Gasteiger partial charge in [0.15, 0.2) is 5.69 Å². The summed E-state index contributed by atoms with van der Waals surface area (Å²) in [7, 11) is 1.24. The van der Waals surface area contributed by atoms with E-state index in [4.69, 9.17) is 11.6 Å². The number of hydrogen-bond acceptors (Lipinski definition) is 6. The number of methoxy groups -OCH3 is 1. The van der Waals surface area contributed by atoms with Crippen LogP contribution >= 0.6 is 11.6 Å².